The summed E-state index contributed by atoms with van der Waals surface area (Å²) in [7, 11) is 0. The summed E-state index contributed by atoms with van der Waals surface area (Å²) in [5.41, 5.74) is 3.54. The molecule has 0 atom stereocenters. The van der Waals surface area contributed by atoms with E-state index in [9.17, 15) is 9.59 Å². The SMILES string of the molecule is CCOC(=O)N1CCc2cc(I)c(CCC(=O)O)cc2CC1. The minimum absolute atomic E-state index is 0.143. The van der Waals surface area contributed by atoms with E-state index in [2.05, 4.69) is 34.7 Å². The molecule has 120 valence electrons. The molecule has 0 spiro atoms. The number of halogens is 1. The Balaban J connectivity index is 2.12. The van der Waals surface area contributed by atoms with Gasteiger partial charge in [-0.2, -0.15) is 0 Å². The zero-order valence-corrected chi connectivity index (χ0v) is 14.8. The molecule has 1 aromatic carbocycles. The van der Waals surface area contributed by atoms with E-state index in [0.717, 1.165) is 22.0 Å². The first-order valence-corrected chi connectivity index (χ1v) is 8.52. The van der Waals surface area contributed by atoms with Gasteiger partial charge < -0.3 is 14.7 Å². The number of hydrogen-bond acceptors (Lipinski definition) is 3. The number of rotatable bonds is 4. The molecule has 0 saturated heterocycles. The fourth-order valence-electron chi connectivity index (χ4n) is 2.63. The smallest absolute Gasteiger partial charge is 0.409 e. The zero-order valence-electron chi connectivity index (χ0n) is 12.6. The van der Waals surface area contributed by atoms with Crippen molar-refractivity contribution in [1.82, 2.24) is 4.90 Å². The molecule has 1 N–H and O–H groups in total. The van der Waals surface area contributed by atoms with Crippen LogP contribution in [0.3, 0.4) is 0 Å². The lowest BCUT2D eigenvalue weighted by atomic mass is 9.98. The van der Waals surface area contributed by atoms with Gasteiger partial charge >= 0.3 is 12.1 Å². The first-order valence-electron chi connectivity index (χ1n) is 7.45. The molecule has 0 aliphatic carbocycles. The zero-order chi connectivity index (χ0) is 16.1. The van der Waals surface area contributed by atoms with Crippen LogP contribution >= 0.6 is 22.6 Å². The molecule has 0 unspecified atom stereocenters. The first-order chi connectivity index (χ1) is 10.5. The minimum atomic E-state index is -0.778. The maximum Gasteiger partial charge on any atom is 0.409 e. The molecule has 1 aromatic rings. The molecule has 22 heavy (non-hydrogen) atoms. The molecule has 1 heterocycles. The molecule has 1 aliphatic rings. The summed E-state index contributed by atoms with van der Waals surface area (Å²) in [6.45, 7) is 3.50. The van der Waals surface area contributed by atoms with Crippen molar-refractivity contribution in [2.24, 2.45) is 0 Å². The molecule has 0 fully saturated rings. The molecule has 1 aliphatic heterocycles. The molecule has 6 heteroatoms. The van der Waals surface area contributed by atoms with Gasteiger partial charge in [-0.25, -0.2) is 4.79 Å². The van der Waals surface area contributed by atoms with Gasteiger partial charge in [-0.15, -0.1) is 0 Å². The van der Waals surface area contributed by atoms with Gasteiger partial charge in [0.2, 0.25) is 0 Å². The molecule has 1 amide bonds. The number of carboxylic acids is 1. The van der Waals surface area contributed by atoms with Crippen molar-refractivity contribution in [1.29, 1.82) is 0 Å². The maximum atomic E-state index is 11.9. The third-order valence-electron chi connectivity index (χ3n) is 3.80. The highest BCUT2D eigenvalue weighted by Crippen LogP contribution is 2.24. The molecule has 5 nitrogen and oxygen atoms in total. The second-order valence-corrected chi connectivity index (χ2v) is 6.45. The van der Waals surface area contributed by atoms with Crippen LogP contribution in [0.1, 0.15) is 30.0 Å². The van der Waals surface area contributed by atoms with Crippen molar-refractivity contribution >= 4 is 34.7 Å². The highest BCUT2D eigenvalue weighted by molar-refractivity contribution is 14.1. The van der Waals surface area contributed by atoms with Crippen LogP contribution in [0.25, 0.3) is 0 Å². The van der Waals surface area contributed by atoms with Crippen LogP contribution in [0.2, 0.25) is 0 Å². The highest BCUT2D eigenvalue weighted by Gasteiger charge is 2.20. The second kappa shape index (κ2) is 7.80. The van der Waals surface area contributed by atoms with Gasteiger partial charge in [0.1, 0.15) is 0 Å². The standard InChI is InChI=1S/C16H20INO4/c1-2-22-16(21)18-7-5-11-9-13(3-4-15(19)20)14(17)10-12(11)6-8-18/h9-10H,2-8H2,1H3,(H,19,20). The minimum Gasteiger partial charge on any atom is -0.481 e. The van der Waals surface area contributed by atoms with Crippen molar-refractivity contribution < 1.29 is 19.4 Å². The average Bonchev–Trinajstić information content (AvgIpc) is 2.67. The Labute approximate surface area is 143 Å². The van der Waals surface area contributed by atoms with Crippen LogP contribution in [-0.2, 0) is 28.8 Å². The van der Waals surface area contributed by atoms with E-state index in [-0.39, 0.29) is 12.5 Å². The molecular formula is C16H20INO4. The third-order valence-corrected chi connectivity index (χ3v) is 4.81. The first kappa shape index (κ1) is 17.1. The lowest BCUT2D eigenvalue weighted by Crippen LogP contribution is -2.33. The lowest BCUT2D eigenvalue weighted by molar-refractivity contribution is -0.136. The van der Waals surface area contributed by atoms with E-state index >= 15 is 0 Å². The van der Waals surface area contributed by atoms with Crippen LogP contribution in [0.5, 0.6) is 0 Å². The van der Waals surface area contributed by atoms with Gasteiger partial charge in [0, 0.05) is 23.1 Å². The topological polar surface area (TPSA) is 66.8 Å². The number of carbonyl (C=O) groups is 2. The summed E-state index contributed by atoms with van der Waals surface area (Å²) in [6, 6.07) is 4.23. The van der Waals surface area contributed by atoms with Crippen LogP contribution in [0, 0.1) is 3.57 Å². The number of ether oxygens (including phenoxy) is 1. The Bertz CT molecular complexity index is 574. The fraction of sp³-hybridized carbons (Fsp3) is 0.500. The maximum absolute atomic E-state index is 11.9. The number of hydrogen-bond donors (Lipinski definition) is 1. The summed E-state index contributed by atoms with van der Waals surface area (Å²) >= 11 is 2.26. The molecule has 0 aromatic heterocycles. The van der Waals surface area contributed by atoms with Crippen molar-refractivity contribution in [2.45, 2.75) is 32.6 Å². The number of benzene rings is 1. The van der Waals surface area contributed by atoms with Crippen molar-refractivity contribution in [3.63, 3.8) is 0 Å². The third kappa shape index (κ3) is 4.34. The summed E-state index contributed by atoms with van der Waals surface area (Å²) < 4.78 is 6.17. The van der Waals surface area contributed by atoms with Crippen molar-refractivity contribution in [3.05, 3.63) is 32.4 Å². The van der Waals surface area contributed by atoms with E-state index in [1.807, 2.05) is 6.92 Å². The second-order valence-electron chi connectivity index (χ2n) is 5.29. The Morgan fingerprint density at radius 3 is 2.50 bits per heavy atom. The Hall–Kier alpha value is -1.31. The van der Waals surface area contributed by atoms with Gasteiger partial charge in [-0.3, -0.25) is 4.79 Å². The number of carbonyl (C=O) groups excluding carboxylic acids is 1. The number of aliphatic carboxylic acids is 1. The Morgan fingerprint density at radius 2 is 1.91 bits per heavy atom. The van der Waals surface area contributed by atoms with E-state index in [1.165, 1.54) is 11.1 Å². The number of nitrogens with zero attached hydrogens (tertiary/aromatic N) is 1. The Kier molecular flexibility index (Phi) is 6.05. The van der Waals surface area contributed by atoms with Crippen LogP contribution in [-0.4, -0.2) is 41.8 Å². The number of fused-ring (bicyclic) bond motifs is 1. The van der Waals surface area contributed by atoms with Gasteiger partial charge in [0.25, 0.3) is 0 Å². The fourth-order valence-corrected chi connectivity index (χ4v) is 3.43. The van der Waals surface area contributed by atoms with Crippen LogP contribution < -0.4 is 0 Å². The number of carboxylic acid groups (broad SMARTS) is 1. The van der Waals surface area contributed by atoms with E-state index in [4.69, 9.17) is 9.84 Å². The predicted octanol–water partition coefficient (Wildman–Crippen LogP) is 2.87. The highest BCUT2D eigenvalue weighted by atomic mass is 127. The Morgan fingerprint density at radius 1 is 1.27 bits per heavy atom. The van der Waals surface area contributed by atoms with Crippen molar-refractivity contribution in [3.8, 4) is 0 Å². The van der Waals surface area contributed by atoms with Gasteiger partial charge in [0.05, 0.1) is 6.61 Å². The van der Waals surface area contributed by atoms with E-state index in [0.29, 0.717) is 26.1 Å². The summed E-state index contributed by atoms with van der Waals surface area (Å²) in [6.07, 6.45) is 2.02. The largest absolute Gasteiger partial charge is 0.481 e. The predicted molar refractivity (Wildman–Crippen MR) is 91.1 cm³/mol. The van der Waals surface area contributed by atoms with Gasteiger partial charge in [0.15, 0.2) is 0 Å². The van der Waals surface area contributed by atoms with Gasteiger partial charge in [-0.1, -0.05) is 6.07 Å². The van der Waals surface area contributed by atoms with E-state index in [1.54, 1.807) is 4.90 Å². The van der Waals surface area contributed by atoms with Gasteiger partial charge in [-0.05, 0) is 71.5 Å². The number of aryl methyl sites for hydroxylation is 1. The summed E-state index contributed by atoms with van der Waals surface area (Å²) in [4.78, 5) is 24.3. The molecule has 0 radical (unpaired) electrons. The van der Waals surface area contributed by atoms with Crippen molar-refractivity contribution in [2.75, 3.05) is 19.7 Å². The molecule has 2 rings (SSSR count). The number of amides is 1. The summed E-state index contributed by atoms with van der Waals surface area (Å²) in [5, 5.41) is 8.83. The molecular weight excluding hydrogens is 397 g/mol. The lowest BCUT2D eigenvalue weighted by Gasteiger charge is -2.18. The normalized spacial score (nSPS) is 14.2. The monoisotopic (exact) mass is 417 g/mol. The summed E-state index contributed by atoms with van der Waals surface area (Å²) in [5.74, 6) is -0.778. The van der Waals surface area contributed by atoms with E-state index < -0.39 is 5.97 Å². The van der Waals surface area contributed by atoms with Crippen LogP contribution in [0.15, 0.2) is 12.1 Å². The molecule has 0 saturated carbocycles. The average molecular weight is 417 g/mol. The quantitative estimate of drug-likeness (QED) is 0.766. The molecule has 0 bridgehead atoms. The van der Waals surface area contributed by atoms with Crippen LogP contribution in [0.4, 0.5) is 4.79 Å².